The molecule has 1 aliphatic heterocycles. The van der Waals surface area contributed by atoms with Crippen molar-refractivity contribution in [2.45, 2.75) is 11.4 Å². The van der Waals surface area contributed by atoms with Crippen LogP contribution in [0.25, 0.3) is 5.65 Å². The SMILES string of the molecule is O=C1N(Cc2cc(=O)n3ccccc3n2)c2ccccc2S(=O)(=O)N1c1ccc(F)cc1. The molecule has 32 heavy (non-hydrogen) atoms. The highest BCUT2D eigenvalue weighted by molar-refractivity contribution is 7.94. The Morgan fingerprint density at radius 1 is 0.906 bits per heavy atom. The van der Waals surface area contributed by atoms with Gasteiger partial charge in [0.25, 0.3) is 15.6 Å². The largest absolute Gasteiger partial charge is 0.343 e. The summed E-state index contributed by atoms with van der Waals surface area (Å²) in [5.74, 6) is -0.561. The summed E-state index contributed by atoms with van der Waals surface area (Å²) in [6, 6.07) is 16.2. The highest BCUT2D eigenvalue weighted by atomic mass is 32.2. The van der Waals surface area contributed by atoms with E-state index in [1.165, 1.54) is 39.6 Å². The summed E-state index contributed by atoms with van der Waals surface area (Å²) in [6.45, 7) is -0.135. The van der Waals surface area contributed by atoms with Crippen molar-refractivity contribution in [1.82, 2.24) is 9.38 Å². The molecule has 0 aliphatic carbocycles. The molecule has 8 nitrogen and oxygen atoms in total. The second-order valence-corrected chi connectivity index (χ2v) is 8.85. The molecule has 2 aromatic heterocycles. The van der Waals surface area contributed by atoms with Crippen LogP contribution in [-0.2, 0) is 16.6 Å². The van der Waals surface area contributed by atoms with Crippen LogP contribution in [0.1, 0.15) is 5.69 Å². The van der Waals surface area contributed by atoms with Crippen molar-refractivity contribution in [3.63, 3.8) is 0 Å². The van der Waals surface area contributed by atoms with Gasteiger partial charge >= 0.3 is 6.03 Å². The molecule has 1 aliphatic rings. The molecule has 0 spiro atoms. The van der Waals surface area contributed by atoms with Gasteiger partial charge in [-0.25, -0.2) is 22.6 Å². The highest BCUT2D eigenvalue weighted by Crippen LogP contribution is 2.37. The van der Waals surface area contributed by atoms with E-state index in [1.54, 1.807) is 36.5 Å². The molecule has 3 heterocycles. The minimum atomic E-state index is -4.23. The van der Waals surface area contributed by atoms with Crippen LogP contribution in [0.5, 0.6) is 0 Å². The Labute approximate surface area is 181 Å². The van der Waals surface area contributed by atoms with Gasteiger partial charge in [-0.2, -0.15) is 4.31 Å². The average molecular weight is 450 g/mol. The van der Waals surface area contributed by atoms with Crippen LogP contribution in [0.4, 0.5) is 20.6 Å². The summed E-state index contributed by atoms with van der Waals surface area (Å²) in [4.78, 5) is 31.5. The van der Waals surface area contributed by atoms with Gasteiger partial charge < -0.3 is 0 Å². The third-order valence-corrected chi connectivity index (χ3v) is 6.83. The van der Waals surface area contributed by atoms with Crippen LogP contribution in [0.2, 0.25) is 0 Å². The van der Waals surface area contributed by atoms with Crippen molar-refractivity contribution in [3.8, 4) is 0 Å². The van der Waals surface area contributed by atoms with E-state index in [4.69, 9.17) is 0 Å². The molecule has 0 fully saturated rings. The van der Waals surface area contributed by atoms with E-state index < -0.39 is 21.9 Å². The van der Waals surface area contributed by atoms with E-state index >= 15 is 0 Å². The fourth-order valence-corrected chi connectivity index (χ4v) is 5.23. The summed E-state index contributed by atoms with van der Waals surface area (Å²) in [6.07, 6.45) is 1.58. The number of halogens is 1. The molecule has 0 saturated heterocycles. The van der Waals surface area contributed by atoms with E-state index in [1.807, 2.05) is 0 Å². The second kappa shape index (κ2) is 7.27. The summed E-state index contributed by atoms with van der Waals surface area (Å²) in [7, 11) is -4.23. The lowest BCUT2D eigenvalue weighted by Gasteiger charge is -2.36. The first kappa shape index (κ1) is 19.9. The summed E-state index contributed by atoms with van der Waals surface area (Å²) in [5, 5.41) is 0. The lowest BCUT2D eigenvalue weighted by atomic mass is 10.2. The van der Waals surface area contributed by atoms with Gasteiger partial charge in [0.15, 0.2) is 0 Å². The molecule has 0 atom stereocenters. The number of anilines is 2. The smallest absolute Gasteiger partial charge is 0.286 e. The number of nitrogens with zero attached hydrogens (tertiary/aromatic N) is 4. The molecule has 4 aromatic rings. The van der Waals surface area contributed by atoms with Crippen LogP contribution in [0.3, 0.4) is 0 Å². The van der Waals surface area contributed by atoms with Gasteiger partial charge in [-0.05, 0) is 48.5 Å². The molecule has 0 saturated carbocycles. The first-order valence-electron chi connectivity index (χ1n) is 9.55. The molecule has 0 unspecified atom stereocenters. The summed E-state index contributed by atoms with van der Waals surface area (Å²) < 4.78 is 41.9. The topological polar surface area (TPSA) is 92.1 Å². The third-order valence-electron chi connectivity index (χ3n) is 5.08. The molecule has 5 rings (SSSR count). The van der Waals surface area contributed by atoms with Crippen molar-refractivity contribution in [3.05, 3.63) is 101 Å². The molecular formula is C22H15FN4O4S. The minimum absolute atomic E-state index is 0.00226. The van der Waals surface area contributed by atoms with Gasteiger partial charge in [-0.15, -0.1) is 0 Å². The van der Waals surface area contributed by atoms with E-state index in [-0.39, 0.29) is 28.4 Å². The molecule has 10 heteroatoms. The van der Waals surface area contributed by atoms with E-state index in [0.717, 1.165) is 12.1 Å². The number of carbonyl (C=O) groups is 1. The zero-order valence-corrected chi connectivity index (χ0v) is 17.2. The number of sulfonamides is 1. The Morgan fingerprint density at radius 3 is 2.41 bits per heavy atom. The number of hydrogen-bond acceptors (Lipinski definition) is 5. The monoisotopic (exact) mass is 450 g/mol. The van der Waals surface area contributed by atoms with Gasteiger partial charge in [0.05, 0.1) is 23.6 Å². The highest BCUT2D eigenvalue weighted by Gasteiger charge is 2.42. The molecule has 0 N–H and O–H groups in total. The number of benzene rings is 2. The van der Waals surface area contributed by atoms with E-state index in [0.29, 0.717) is 15.6 Å². The number of pyridine rings is 1. The van der Waals surface area contributed by atoms with Crippen molar-refractivity contribution in [2.24, 2.45) is 0 Å². The Bertz CT molecular complexity index is 1530. The van der Waals surface area contributed by atoms with Gasteiger partial charge in [-0.1, -0.05) is 18.2 Å². The predicted molar refractivity (Wildman–Crippen MR) is 116 cm³/mol. The number of urea groups is 1. The maximum Gasteiger partial charge on any atom is 0.343 e. The number of rotatable bonds is 3. The van der Waals surface area contributed by atoms with Gasteiger partial charge in [-0.3, -0.25) is 14.1 Å². The zero-order valence-electron chi connectivity index (χ0n) is 16.4. The second-order valence-electron chi connectivity index (χ2n) is 7.10. The van der Waals surface area contributed by atoms with Gasteiger partial charge in [0.1, 0.15) is 16.4 Å². The zero-order chi connectivity index (χ0) is 22.5. The predicted octanol–water partition coefficient (Wildman–Crippen LogP) is 3.17. The van der Waals surface area contributed by atoms with E-state index in [2.05, 4.69) is 4.98 Å². The number of aromatic nitrogens is 2. The van der Waals surface area contributed by atoms with Gasteiger partial charge in [0.2, 0.25) is 0 Å². The molecule has 0 radical (unpaired) electrons. The summed E-state index contributed by atoms with van der Waals surface area (Å²) in [5.41, 5.74) is 0.540. The molecule has 0 bridgehead atoms. The lowest BCUT2D eigenvalue weighted by Crippen LogP contribution is -2.50. The Kier molecular flexibility index (Phi) is 4.52. The first-order valence-corrected chi connectivity index (χ1v) is 11.0. The minimum Gasteiger partial charge on any atom is -0.286 e. The Morgan fingerprint density at radius 2 is 1.62 bits per heavy atom. The fraction of sp³-hybridized carbons (Fsp3) is 0.0455. The number of amides is 2. The summed E-state index contributed by atoms with van der Waals surface area (Å²) >= 11 is 0. The van der Waals surface area contributed by atoms with Gasteiger partial charge in [0, 0.05) is 12.3 Å². The number of hydrogen-bond donors (Lipinski definition) is 0. The molecular weight excluding hydrogens is 435 g/mol. The molecule has 2 amide bonds. The average Bonchev–Trinajstić information content (AvgIpc) is 2.78. The van der Waals surface area contributed by atoms with Crippen molar-refractivity contribution < 1.29 is 17.6 Å². The maximum absolute atomic E-state index is 13.4. The lowest BCUT2D eigenvalue weighted by molar-refractivity contribution is 0.253. The van der Waals surface area contributed by atoms with Crippen LogP contribution >= 0.6 is 0 Å². The van der Waals surface area contributed by atoms with Crippen molar-refractivity contribution >= 4 is 33.1 Å². The molecule has 2 aromatic carbocycles. The van der Waals surface area contributed by atoms with Crippen molar-refractivity contribution in [1.29, 1.82) is 0 Å². The normalized spacial score (nSPS) is 15.1. The molecule has 160 valence electrons. The number of carbonyl (C=O) groups excluding carboxylic acids is 1. The first-order chi connectivity index (χ1) is 15.4. The maximum atomic E-state index is 13.4. The van der Waals surface area contributed by atoms with Crippen molar-refractivity contribution in [2.75, 3.05) is 9.21 Å². The number of fused-ring (bicyclic) bond motifs is 2. The Balaban J connectivity index is 1.65. The van der Waals surface area contributed by atoms with Crippen LogP contribution in [0, 0.1) is 5.82 Å². The Hall–Kier alpha value is -4.05. The standard InChI is InChI=1S/C22H15FN4O4S/c23-15-8-10-17(11-9-15)27-22(29)26(18-5-1-2-6-19(18)32(27,30)31)14-16-13-21(28)25-12-4-3-7-20(25)24-16/h1-13H,14H2. The quantitative estimate of drug-likeness (QED) is 0.478. The van der Waals surface area contributed by atoms with Crippen LogP contribution in [-0.4, -0.2) is 23.8 Å². The van der Waals surface area contributed by atoms with Crippen LogP contribution < -0.4 is 14.8 Å². The van der Waals surface area contributed by atoms with Crippen LogP contribution in [0.15, 0.2) is 88.7 Å². The van der Waals surface area contributed by atoms with E-state index in [9.17, 15) is 22.4 Å². The third kappa shape index (κ3) is 3.12. The fourth-order valence-electron chi connectivity index (χ4n) is 3.64. The number of para-hydroxylation sites is 1.